The van der Waals surface area contributed by atoms with Crippen molar-refractivity contribution in [2.75, 3.05) is 7.05 Å². The quantitative estimate of drug-likeness (QED) is 0.682. The molecule has 0 radical (unpaired) electrons. The predicted molar refractivity (Wildman–Crippen MR) is 88.9 cm³/mol. The Morgan fingerprint density at radius 1 is 1.27 bits per heavy atom. The molecule has 3 aromatic rings. The minimum atomic E-state index is 0.311. The Balaban J connectivity index is 1.70. The van der Waals surface area contributed by atoms with E-state index in [0.717, 1.165) is 5.56 Å². The standard InChI is InChI=1S/C16H16ClN3OS/c1-11(14-4-3-9-22-14)20(2)10-15-18-16(19-21-15)12-5-7-13(17)8-6-12/h3-9,11H,10H2,1-2H3/t11-/m1/s1. The molecular weight excluding hydrogens is 318 g/mol. The van der Waals surface area contributed by atoms with Crippen LogP contribution in [0.1, 0.15) is 23.7 Å². The van der Waals surface area contributed by atoms with Gasteiger partial charge < -0.3 is 4.52 Å². The second-order valence-corrected chi connectivity index (χ2v) is 6.54. The third-order valence-corrected chi connectivity index (χ3v) is 4.87. The van der Waals surface area contributed by atoms with Crippen LogP contribution in [0.5, 0.6) is 0 Å². The lowest BCUT2D eigenvalue weighted by Gasteiger charge is -2.21. The van der Waals surface area contributed by atoms with Crippen molar-refractivity contribution in [2.24, 2.45) is 0 Å². The first-order valence-corrected chi connectivity index (χ1v) is 8.21. The van der Waals surface area contributed by atoms with E-state index in [9.17, 15) is 0 Å². The van der Waals surface area contributed by atoms with Gasteiger partial charge >= 0.3 is 0 Å². The smallest absolute Gasteiger partial charge is 0.241 e. The monoisotopic (exact) mass is 333 g/mol. The Morgan fingerprint density at radius 3 is 2.73 bits per heavy atom. The van der Waals surface area contributed by atoms with Gasteiger partial charge in [-0.1, -0.05) is 22.8 Å². The lowest BCUT2D eigenvalue weighted by Crippen LogP contribution is -2.21. The summed E-state index contributed by atoms with van der Waals surface area (Å²) in [5.74, 6) is 1.19. The van der Waals surface area contributed by atoms with E-state index in [4.69, 9.17) is 16.1 Å². The van der Waals surface area contributed by atoms with Gasteiger partial charge in [-0.3, -0.25) is 4.90 Å². The number of halogens is 1. The molecule has 0 aliphatic rings. The first-order chi connectivity index (χ1) is 10.6. The van der Waals surface area contributed by atoms with Crippen LogP contribution in [0.25, 0.3) is 11.4 Å². The van der Waals surface area contributed by atoms with Gasteiger partial charge in [0.1, 0.15) is 0 Å². The summed E-state index contributed by atoms with van der Waals surface area (Å²) in [7, 11) is 2.05. The minimum Gasteiger partial charge on any atom is -0.338 e. The molecule has 0 amide bonds. The van der Waals surface area contributed by atoms with Gasteiger partial charge in [-0.05, 0) is 49.7 Å². The van der Waals surface area contributed by atoms with Gasteiger partial charge in [-0.15, -0.1) is 11.3 Å². The summed E-state index contributed by atoms with van der Waals surface area (Å²) in [6, 6.07) is 11.9. The normalized spacial score (nSPS) is 12.7. The molecule has 0 fully saturated rings. The van der Waals surface area contributed by atoms with E-state index < -0.39 is 0 Å². The van der Waals surface area contributed by atoms with E-state index in [1.54, 1.807) is 11.3 Å². The molecule has 1 aromatic carbocycles. The van der Waals surface area contributed by atoms with Gasteiger partial charge in [0, 0.05) is 21.5 Å². The SMILES string of the molecule is C[C@H](c1cccs1)N(C)Cc1nc(-c2ccc(Cl)cc2)no1. The predicted octanol–water partition coefficient (Wildman–Crippen LogP) is 4.64. The third kappa shape index (κ3) is 3.38. The van der Waals surface area contributed by atoms with E-state index in [1.165, 1.54) is 4.88 Å². The van der Waals surface area contributed by atoms with Crippen molar-refractivity contribution in [1.29, 1.82) is 0 Å². The molecule has 0 bridgehead atoms. The second-order valence-electron chi connectivity index (χ2n) is 5.13. The second kappa shape index (κ2) is 6.60. The highest BCUT2D eigenvalue weighted by atomic mass is 35.5. The van der Waals surface area contributed by atoms with Crippen molar-refractivity contribution in [3.63, 3.8) is 0 Å². The van der Waals surface area contributed by atoms with Gasteiger partial charge in [0.15, 0.2) is 0 Å². The van der Waals surface area contributed by atoms with Crippen LogP contribution >= 0.6 is 22.9 Å². The van der Waals surface area contributed by atoms with E-state index >= 15 is 0 Å². The van der Waals surface area contributed by atoms with Crippen LogP contribution in [0.2, 0.25) is 5.02 Å². The molecular formula is C16H16ClN3OS. The average Bonchev–Trinajstić information content (AvgIpc) is 3.18. The van der Waals surface area contributed by atoms with Crippen molar-refractivity contribution in [1.82, 2.24) is 15.0 Å². The molecule has 0 aliphatic carbocycles. The summed E-state index contributed by atoms with van der Waals surface area (Å²) in [5.41, 5.74) is 0.897. The maximum absolute atomic E-state index is 5.89. The summed E-state index contributed by atoms with van der Waals surface area (Å²) in [6.07, 6.45) is 0. The van der Waals surface area contributed by atoms with E-state index in [-0.39, 0.29) is 0 Å². The lowest BCUT2D eigenvalue weighted by molar-refractivity contribution is 0.219. The molecule has 22 heavy (non-hydrogen) atoms. The molecule has 0 saturated heterocycles. The van der Waals surface area contributed by atoms with Crippen LogP contribution in [0.4, 0.5) is 0 Å². The Kier molecular flexibility index (Phi) is 4.57. The highest BCUT2D eigenvalue weighted by molar-refractivity contribution is 7.10. The molecule has 6 heteroatoms. The fraction of sp³-hybridized carbons (Fsp3) is 0.250. The molecule has 4 nitrogen and oxygen atoms in total. The topological polar surface area (TPSA) is 42.2 Å². The first-order valence-electron chi connectivity index (χ1n) is 6.95. The number of benzene rings is 1. The number of rotatable bonds is 5. The molecule has 2 aromatic heterocycles. The lowest BCUT2D eigenvalue weighted by atomic mass is 10.2. The number of hydrogen-bond donors (Lipinski definition) is 0. The van der Waals surface area contributed by atoms with Crippen LogP contribution in [0.15, 0.2) is 46.3 Å². The van der Waals surface area contributed by atoms with E-state index in [1.807, 2.05) is 24.3 Å². The Bertz CT molecular complexity index is 724. The fourth-order valence-corrected chi connectivity index (χ4v) is 3.11. The van der Waals surface area contributed by atoms with E-state index in [0.29, 0.717) is 29.3 Å². The third-order valence-electron chi connectivity index (χ3n) is 3.57. The maximum Gasteiger partial charge on any atom is 0.241 e. The number of thiophene rings is 1. The summed E-state index contributed by atoms with van der Waals surface area (Å²) in [4.78, 5) is 7.96. The molecule has 114 valence electrons. The zero-order chi connectivity index (χ0) is 15.5. The minimum absolute atomic E-state index is 0.311. The zero-order valence-corrected chi connectivity index (χ0v) is 13.9. The Labute approximate surface area is 138 Å². The van der Waals surface area contributed by atoms with Crippen LogP contribution < -0.4 is 0 Å². The number of aromatic nitrogens is 2. The summed E-state index contributed by atoms with van der Waals surface area (Å²) < 4.78 is 5.36. The largest absolute Gasteiger partial charge is 0.338 e. The highest BCUT2D eigenvalue weighted by Gasteiger charge is 2.16. The summed E-state index contributed by atoms with van der Waals surface area (Å²) >= 11 is 7.64. The fourth-order valence-electron chi connectivity index (χ4n) is 2.13. The van der Waals surface area contributed by atoms with Crippen molar-refractivity contribution in [3.8, 4) is 11.4 Å². The van der Waals surface area contributed by atoms with Crippen molar-refractivity contribution in [3.05, 3.63) is 57.6 Å². The van der Waals surface area contributed by atoms with Crippen molar-refractivity contribution >= 4 is 22.9 Å². The van der Waals surface area contributed by atoms with Crippen LogP contribution in [0.3, 0.4) is 0 Å². The molecule has 0 aliphatic heterocycles. The van der Waals surface area contributed by atoms with Crippen molar-refractivity contribution < 1.29 is 4.52 Å². The van der Waals surface area contributed by atoms with Gasteiger partial charge in [-0.25, -0.2) is 0 Å². The molecule has 0 unspecified atom stereocenters. The van der Waals surface area contributed by atoms with Gasteiger partial charge in [-0.2, -0.15) is 4.98 Å². The average molecular weight is 334 g/mol. The maximum atomic E-state index is 5.89. The summed E-state index contributed by atoms with van der Waals surface area (Å²) in [6.45, 7) is 2.78. The van der Waals surface area contributed by atoms with Crippen LogP contribution in [-0.2, 0) is 6.54 Å². The molecule has 3 rings (SSSR count). The van der Waals surface area contributed by atoms with Crippen LogP contribution in [-0.4, -0.2) is 22.1 Å². The molecule has 0 saturated carbocycles. The number of hydrogen-bond acceptors (Lipinski definition) is 5. The zero-order valence-electron chi connectivity index (χ0n) is 12.4. The molecule has 1 atom stereocenters. The first kappa shape index (κ1) is 15.2. The summed E-state index contributed by atoms with van der Waals surface area (Å²) in [5, 5.41) is 6.82. The van der Waals surface area contributed by atoms with E-state index in [2.05, 4.69) is 46.5 Å². The Morgan fingerprint density at radius 2 is 2.05 bits per heavy atom. The molecule has 2 heterocycles. The number of nitrogens with zero attached hydrogens (tertiary/aromatic N) is 3. The van der Waals surface area contributed by atoms with Crippen molar-refractivity contribution in [2.45, 2.75) is 19.5 Å². The molecule has 0 N–H and O–H groups in total. The Hall–Kier alpha value is -1.69. The molecule has 0 spiro atoms. The van der Waals surface area contributed by atoms with Gasteiger partial charge in [0.25, 0.3) is 0 Å². The van der Waals surface area contributed by atoms with Crippen LogP contribution in [0, 0.1) is 0 Å². The van der Waals surface area contributed by atoms with Gasteiger partial charge in [0.2, 0.25) is 11.7 Å². The highest BCUT2D eigenvalue weighted by Crippen LogP contribution is 2.25. The van der Waals surface area contributed by atoms with Gasteiger partial charge in [0.05, 0.1) is 6.54 Å².